The molecule has 0 aromatic heterocycles. The summed E-state index contributed by atoms with van der Waals surface area (Å²) < 4.78 is 5.16. The highest BCUT2D eigenvalue weighted by atomic mass is 35.5. The first-order chi connectivity index (χ1) is 14.0. The number of hydrogen-bond donors (Lipinski definition) is 0. The second kappa shape index (κ2) is 9.36. The Kier molecular flexibility index (Phi) is 6.64. The number of nitrogens with zero attached hydrogens (tertiary/aromatic N) is 1. The molecule has 0 amide bonds. The van der Waals surface area contributed by atoms with Crippen molar-refractivity contribution in [3.63, 3.8) is 0 Å². The highest BCUT2D eigenvalue weighted by molar-refractivity contribution is 7.99. The summed E-state index contributed by atoms with van der Waals surface area (Å²) in [5.41, 5.74) is 0.465. The summed E-state index contributed by atoms with van der Waals surface area (Å²) in [5.74, 6) is -1.03. The number of Topliss-reactive ketones (excluding diaryl/α,β-unsaturated/α-hetero) is 1. The fraction of sp³-hybridized carbons (Fsp3) is 0.0476. The van der Waals surface area contributed by atoms with E-state index in [0.29, 0.717) is 10.5 Å². The van der Waals surface area contributed by atoms with Crippen LogP contribution in [0.4, 0.5) is 5.69 Å². The molecule has 0 radical (unpaired) electrons. The van der Waals surface area contributed by atoms with E-state index >= 15 is 0 Å². The molecular formula is C21H14ClNO5S. The molecule has 0 aliphatic heterocycles. The molecule has 0 saturated heterocycles. The molecule has 3 aromatic carbocycles. The number of ketones is 1. The van der Waals surface area contributed by atoms with Crippen LogP contribution in [0.15, 0.2) is 82.6 Å². The summed E-state index contributed by atoms with van der Waals surface area (Å²) in [7, 11) is 0. The van der Waals surface area contributed by atoms with E-state index < -0.39 is 17.5 Å². The second-order valence-electron chi connectivity index (χ2n) is 5.81. The van der Waals surface area contributed by atoms with Gasteiger partial charge in [0.2, 0.25) is 0 Å². The van der Waals surface area contributed by atoms with Crippen molar-refractivity contribution in [2.75, 3.05) is 6.61 Å². The van der Waals surface area contributed by atoms with Crippen LogP contribution in [-0.2, 0) is 4.74 Å². The number of benzene rings is 3. The molecule has 146 valence electrons. The Morgan fingerprint density at radius 2 is 1.66 bits per heavy atom. The Morgan fingerprint density at radius 3 is 2.38 bits per heavy atom. The molecule has 0 spiro atoms. The molecule has 3 rings (SSSR count). The Balaban J connectivity index is 1.80. The number of nitro groups is 1. The monoisotopic (exact) mass is 427 g/mol. The van der Waals surface area contributed by atoms with Gasteiger partial charge >= 0.3 is 5.97 Å². The number of rotatable bonds is 7. The van der Waals surface area contributed by atoms with Crippen molar-refractivity contribution in [3.05, 3.63) is 99.1 Å². The Morgan fingerprint density at radius 1 is 0.966 bits per heavy atom. The lowest BCUT2D eigenvalue weighted by Crippen LogP contribution is -2.14. The maximum Gasteiger partial charge on any atom is 0.339 e. The number of esters is 1. The van der Waals surface area contributed by atoms with E-state index in [4.69, 9.17) is 16.3 Å². The lowest BCUT2D eigenvalue weighted by Gasteiger charge is -2.10. The van der Waals surface area contributed by atoms with Gasteiger partial charge in [-0.2, -0.15) is 0 Å². The molecule has 0 unspecified atom stereocenters. The van der Waals surface area contributed by atoms with Crippen LogP contribution in [0.3, 0.4) is 0 Å². The van der Waals surface area contributed by atoms with Crippen LogP contribution >= 0.6 is 23.4 Å². The van der Waals surface area contributed by atoms with E-state index in [1.54, 1.807) is 48.5 Å². The lowest BCUT2D eigenvalue weighted by atomic mass is 10.1. The van der Waals surface area contributed by atoms with Gasteiger partial charge in [0.05, 0.1) is 15.5 Å². The zero-order chi connectivity index (χ0) is 20.8. The lowest BCUT2D eigenvalue weighted by molar-refractivity contribution is -0.387. The van der Waals surface area contributed by atoms with Crippen LogP contribution in [0.1, 0.15) is 20.7 Å². The van der Waals surface area contributed by atoms with Gasteiger partial charge in [0.25, 0.3) is 5.69 Å². The summed E-state index contributed by atoms with van der Waals surface area (Å²) >= 11 is 7.14. The molecule has 0 aliphatic rings. The van der Waals surface area contributed by atoms with E-state index in [1.807, 2.05) is 0 Å². The molecule has 0 atom stereocenters. The van der Waals surface area contributed by atoms with Gasteiger partial charge in [-0.25, -0.2) is 4.79 Å². The Labute approximate surface area is 175 Å². The van der Waals surface area contributed by atoms with Gasteiger partial charge in [0, 0.05) is 16.5 Å². The zero-order valence-corrected chi connectivity index (χ0v) is 16.5. The quantitative estimate of drug-likeness (QED) is 0.216. The van der Waals surface area contributed by atoms with Gasteiger partial charge in [0.15, 0.2) is 12.4 Å². The smallest absolute Gasteiger partial charge is 0.339 e. The summed E-state index contributed by atoms with van der Waals surface area (Å²) in [6.45, 7) is -0.409. The molecule has 0 bridgehead atoms. The third kappa shape index (κ3) is 5.01. The SMILES string of the molecule is O=C(COC(=O)c1ccccc1Sc1c(Cl)cccc1[N+](=O)[O-])c1ccccc1. The van der Waals surface area contributed by atoms with E-state index in [1.165, 1.54) is 24.3 Å². The van der Waals surface area contributed by atoms with Crippen molar-refractivity contribution in [2.45, 2.75) is 9.79 Å². The average Bonchev–Trinajstić information content (AvgIpc) is 2.74. The van der Waals surface area contributed by atoms with Crippen LogP contribution < -0.4 is 0 Å². The molecule has 0 saturated carbocycles. The molecule has 0 fully saturated rings. The van der Waals surface area contributed by atoms with Crippen molar-refractivity contribution in [3.8, 4) is 0 Å². The van der Waals surface area contributed by atoms with Crippen molar-refractivity contribution in [1.29, 1.82) is 0 Å². The normalized spacial score (nSPS) is 10.4. The maximum atomic E-state index is 12.5. The molecule has 0 N–H and O–H groups in total. The van der Waals surface area contributed by atoms with Crippen LogP contribution in [0.2, 0.25) is 5.02 Å². The number of hydrogen-bond acceptors (Lipinski definition) is 6. The van der Waals surface area contributed by atoms with E-state index in [2.05, 4.69) is 0 Å². The largest absolute Gasteiger partial charge is 0.454 e. The van der Waals surface area contributed by atoms with Crippen molar-refractivity contribution < 1.29 is 19.2 Å². The van der Waals surface area contributed by atoms with Crippen molar-refractivity contribution in [2.24, 2.45) is 0 Å². The predicted molar refractivity (Wildman–Crippen MR) is 110 cm³/mol. The number of ether oxygens (including phenoxy) is 1. The average molecular weight is 428 g/mol. The molecule has 0 heterocycles. The second-order valence-corrected chi connectivity index (χ2v) is 7.27. The fourth-order valence-electron chi connectivity index (χ4n) is 2.49. The minimum absolute atomic E-state index is 0.162. The van der Waals surface area contributed by atoms with Gasteiger partial charge in [-0.05, 0) is 18.2 Å². The Bertz CT molecular complexity index is 1070. The number of halogens is 1. The summed E-state index contributed by atoms with van der Waals surface area (Å²) in [6.07, 6.45) is 0. The number of nitro benzene ring substituents is 1. The first-order valence-corrected chi connectivity index (χ1v) is 9.62. The summed E-state index contributed by atoms with van der Waals surface area (Å²) in [5, 5.41) is 11.5. The van der Waals surface area contributed by atoms with Crippen LogP contribution in [0.5, 0.6) is 0 Å². The van der Waals surface area contributed by atoms with E-state index in [0.717, 1.165) is 11.8 Å². The molecule has 29 heavy (non-hydrogen) atoms. The topological polar surface area (TPSA) is 86.5 Å². The third-order valence-electron chi connectivity index (χ3n) is 3.89. The summed E-state index contributed by atoms with van der Waals surface area (Å²) in [4.78, 5) is 36.1. The van der Waals surface area contributed by atoms with Gasteiger partial charge in [0.1, 0.15) is 4.90 Å². The van der Waals surface area contributed by atoms with Crippen LogP contribution in [-0.4, -0.2) is 23.3 Å². The van der Waals surface area contributed by atoms with Gasteiger partial charge in [-0.3, -0.25) is 14.9 Å². The van der Waals surface area contributed by atoms with Gasteiger partial charge in [-0.15, -0.1) is 0 Å². The first-order valence-electron chi connectivity index (χ1n) is 8.42. The maximum absolute atomic E-state index is 12.5. The number of carbonyl (C=O) groups excluding carboxylic acids is 2. The third-order valence-corrected chi connectivity index (χ3v) is 5.53. The minimum atomic E-state index is -0.702. The highest BCUT2D eigenvalue weighted by Crippen LogP contribution is 2.41. The fourth-order valence-corrected chi connectivity index (χ4v) is 3.82. The molecule has 6 nitrogen and oxygen atoms in total. The molecule has 8 heteroatoms. The zero-order valence-electron chi connectivity index (χ0n) is 14.9. The van der Waals surface area contributed by atoms with Gasteiger partial charge < -0.3 is 4.74 Å². The minimum Gasteiger partial charge on any atom is -0.454 e. The number of carbonyl (C=O) groups is 2. The van der Waals surface area contributed by atoms with E-state index in [-0.39, 0.29) is 27.0 Å². The Hall–Kier alpha value is -3.16. The first kappa shape index (κ1) is 20.6. The molecular weight excluding hydrogens is 414 g/mol. The van der Waals surface area contributed by atoms with Crippen molar-refractivity contribution in [1.82, 2.24) is 0 Å². The predicted octanol–water partition coefficient (Wildman–Crippen LogP) is 5.44. The standard InChI is InChI=1S/C21H14ClNO5S/c22-16-10-6-11-17(23(26)27)20(16)29-19-12-5-4-9-15(19)21(25)28-13-18(24)14-7-2-1-3-8-14/h1-12H,13H2. The highest BCUT2D eigenvalue weighted by Gasteiger charge is 2.21. The van der Waals surface area contributed by atoms with Crippen LogP contribution in [0, 0.1) is 10.1 Å². The summed E-state index contributed by atoms with van der Waals surface area (Å²) in [6, 6.07) is 19.3. The van der Waals surface area contributed by atoms with Crippen LogP contribution in [0.25, 0.3) is 0 Å². The van der Waals surface area contributed by atoms with E-state index in [9.17, 15) is 19.7 Å². The van der Waals surface area contributed by atoms with Gasteiger partial charge in [-0.1, -0.05) is 71.9 Å². The van der Waals surface area contributed by atoms with Crippen molar-refractivity contribution >= 4 is 40.8 Å². The molecule has 3 aromatic rings. The molecule has 0 aliphatic carbocycles.